The molecule has 0 saturated carbocycles. The maximum Gasteiger partial charge on any atom is 0.246 e. The van der Waals surface area contributed by atoms with Crippen molar-refractivity contribution in [3.05, 3.63) is 53.9 Å². The highest BCUT2D eigenvalue weighted by atomic mass is 16.5. The molecule has 2 rings (SSSR count). The lowest BCUT2D eigenvalue weighted by Gasteiger charge is -2.22. The number of rotatable bonds is 7. The van der Waals surface area contributed by atoms with Crippen LogP contribution in [0, 0.1) is 0 Å². The van der Waals surface area contributed by atoms with Crippen molar-refractivity contribution < 1.29 is 9.53 Å². The molecule has 0 saturated heterocycles. The van der Waals surface area contributed by atoms with Crippen molar-refractivity contribution in [3.8, 4) is 0 Å². The maximum atomic E-state index is 12.1. The van der Waals surface area contributed by atoms with E-state index >= 15 is 0 Å². The van der Waals surface area contributed by atoms with Gasteiger partial charge in [0.25, 0.3) is 0 Å². The van der Waals surface area contributed by atoms with E-state index in [9.17, 15) is 4.79 Å². The number of carbonyl (C=O) groups excluding carboxylic acids is 1. The number of amides is 1. The fourth-order valence-electron chi connectivity index (χ4n) is 2.08. The van der Waals surface area contributed by atoms with E-state index in [1.165, 1.54) is 6.08 Å². The number of aromatic nitrogens is 3. The highest BCUT2D eigenvalue weighted by molar-refractivity contribution is 5.91. The van der Waals surface area contributed by atoms with Crippen molar-refractivity contribution in [1.29, 1.82) is 0 Å². The van der Waals surface area contributed by atoms with Gasteiger partial charge in [-0.1, -0.05) is 35.5 Å². The summed E-state index contributed by atoms with van der Waals surface area (Å²) in [6.45, 7) is 3.09. The summed E-state index contributed by atoms with van der Waals surface area (Å²) in [5.41, 5.74) is 1.80. The predicted molar refractivity (Wildman–Crippen MR) is 88.7 cm³/mol. The number of nitrogens with zero attached hydrogens (tertiary/aromatic N) is 4. The Morgan fingerprint density at radius 1 is 1.39 bits per heavy atom. The van der Waals surface area contributed by atoms with Gasteiger partial charge in [0, 0.05) is 20.2 Å². The molecule has 6 nitrogen and oxygen atoms in total. The van der Waals surface area contributed by atoms with E-state index in [1.54, 1.807) is 29.8 Å². The van der Waals surface area contributed by atoms with E-state index in [-0.39, 0.29) is 11.9 Å². The number of benzene rings is 1. The molecule has 23 heavy (non-hydrogen) atoms. The van der Waals surface area contributed by atoms with Gasteiger partial charge >= 0.3 is 0 Å². The zero-order valence-corrected chi connectivity index (χ0v) is 13.7. The van der Waals surface area contributed by atoms with E-state index in [2.05, 4.69) is 10.3 Å². The van der Waals surface area contributed by atoms with Crippen molar-refractivity contribution in [2.75, 3.05) is 20.8 Å². The van der Waals surface area contributed by atoms with Gasteiger partial charge in [0.05, 0.1) is 25.4 Å². The van der Waals surface area contributed by atoms with Crippen molar-refractivity contribution >= 4 is 12.0 Å². The molecule has 0 fully saturated rings. The average molecular weight is 314 g/mol. The molecule has 0 bridgehead atoms. The van der Waals surface area contributed by atoms with E-state index < -0.39 is 0 Å². The lowest BCUT2D eigenvalue weighted by molar-refractivity contribution is -0.127. The Balaban J connectivity index is 1.94. The van der Waals surface area contributed by atoms with Crippen LogP contribution in [0.1, 0.15) is 18.2 Å². The van der Waals surface area contributed by atoms with Crippen LogP contribution in [0.25, 0.3) is 6.08 Å². The molecule has 1 aromatic carbocycles. The molecule has 0 aliphatic carbocycles. The number of hydrogen-bond donors (Lipinski definition) is 0. The Kier molecular flexibility index (Phi) is 6.05. The summed E-state index contributed by atoms with van der Waals surface area (Å²) in [7, 11) is 3.37. The van der Waals surface area contributed by atoms with Crippen LogP contribution in [0.2, 0.25) is 0 Å². The van der Waals surface area contributed by atoms with Gasteiger partial charge in [0.1, 0.15) is 5.69 Å². The first kappa shape index (κ1) is 16.9. The van der Waals surface area contributed by atoms with Crippen LogP contribution in [-0.2, 0) is 16.1 Å². The monoisotopic (exact) mass is 314 g/mol. The minimum atomic E-state index is -0.0906. The van der Waals surface area contributed by atoms with Crippen LogP contribution >= 0.6 is 0 Å². The first-order valence-electron chi connectivity index (χ1n) is 7.48. The zero-order valence-electron chi connectivity index (χ0n) is 13.7. The maximum absolute atomic E-state index is 12.1. The second-order valence-electron chi connectivity index (χ2n) is 5.41. The molecule has 0 N–H and O–H groups in total. The lowest BCUT2D eigenvalue weighted by atomic mass is 10.2. The topological polar surface area (TPSA) is 60.2 Å². The number of methoxy groups -OCH3 is 1. The minimum Gasteiger partial charge on any atom is -0.383 e. The van der Waals surface area contributed by atoms with Crippen LogP contribution in [0.4, 0.5) is 0 Å². The molecule has 2 aromatic rings. The van der Waals surface area contributed by atoms with Gasteiger partial charge in [-0.25, -0.2) is 4.68 Å². The standard InChI is InChI=1S/C17H22N4O2/c1-14(13-23-3)20(2)17(22)10-9-16-12-21(19-18-16)11-15-7-5-4-6-8-15/h4-10,12,14H,11,13H2,1-3H3/b10-9+. The van der Waals surface area contributed by atoms with E-state index in [0.29, 0.717) is 18.8 Å². The Labute approximate surface area is 136 Å². The Hall–Kier alpha value is -2.47. The molecule has 0 aliphatic rings. The average Bonchev–Trinajstić information content (AvgIpc) is 3.00. The molecule has 6 heteroatoms. The third-order valence-corrected chi connectivity index (χ3v) is 3.56. The fourth-order valence-corrected chi connectivity index (χ4v) is 2.08. The third kappa shape index (κ3) is 5.03. The first-order valence-corrected chi connectivity index (χ1v) is 7.48. The summed E-state index contributed by atoms with van der Waals surface area (Å²) in [4.78, 5) is 13.7. The lowest BCUT2D eigenvalue weighted by Crippen LogP contribution is -2.36. The van der Waals surface area contributed by atoms with Gasteiger partial charge in [0.15, 0.2) is 0 Å². The highest BCUT2D eigenvalue weighted by Gasteiger charge is 2.12. The van der Waals surface area contributed by atoms with Gasteiger partial charge in [-0.2, -0.15) is 0 Å². The summed E-state index contributed by atoms with van der Waals surface area (Å²) in [6, 6.07) is 10.0. The van der Waals surface area contributed by atoms with Crippen molar-refractivity contribution in [2.45, 2.75) is 19.5 Å². The smallest absolute Gasteiger partial charge is 0.246 e. The van der Waals surface area contributed by atoms with Crippen molar-refractivity contribution in [2.24, 2.45) is 0 Å². The molecule has 1 amide bonds. The van der Waals surface area contributed by atoms with Gasteiger partial charge < -0.3 is 9.64 Å². The molecule has 122 valence electrons. The van der Waals surface area contributed by atoms with E-state index in [0.717, 1.165) is 5.56 Å². The van der Waals surface area contributed by atoms with Crippen LogP contribution in [0.15, 0.2) is 42.6 Å². The second-order valence-corrected chi connectivity index (χ2v) is 5.41. The predicted octanol–water partition coefficient (Wildman–Crippen LogP) is 1.83. The molecule has 1 atom stereocenters. The van der Waals surface area contributed by atoms with E-state index in [1.807, 2.05) is 43.5 Å². The molecule has 1 aromatic heterocycles. The summed E-state index contributed by atoms with van der Waals surface area (Å²) >= 11 is 0. The first-order chi connectivity index (χ1) is 11.1. The minimum absolute atomic E-state index is 0.0194. The SMILES string of the molecule is COCC(C)N(C)C(=O)/C=C/c1cn(Cc2ccccc2)nn1. The fraction of sp³-hybridized carbons (Fsp3) is 0.353. The normalized spacial score (nSPS) is 12.5. The summed E-state index contributed by atoms with van der Waals surface area (Å²) in [5, 5.41) is 8.12. The Morgan fingerprint density at radius 3 is 2.83 bits per heavy atom. The van der Waals surface area contributed by atoms with Gasteiger partial charge in [0.2, 0.25) is 5.91 Å². The Bertz CT molecular complexity index is 652. The molecular formula is C17H22N4O2. The molecule has 0 spiro atoms. The number of carbonyl (C=O) groups is 1. The van der Waals surface area contributed by atoms with Crippen LogP contribution in [-0.4, -0.2) is 52.6 Å². The largest absolute Gasteiger partial charge is 0.383 e. The highest BCUT2D eigenvalue weighted by Crippen LogP contribution is 2.04. The van der Waals surface area contributed by atoms with Crippen molar-refractivity contribution in [1.82, 2.24) is 19.9 Å². The molecule has 0 radical (unpaired) electrons. The molecular weight excluding hydrogens is 292 g/mol. The molecule has 0 aliphatic heterocycles. The van der Waals surface area contributed by atoms with Crippen LogP contribution in [0.3, 0.4) is 0 Å². The number of ether oxygens (including phenoxy) is 1. The quantitative estimate of drug-likeness (QED) is 0.732. The van der Waals surface area contributed by atoms with E-state index in [4.69, 9.17) is 4.74 Å². The van der Waals surface area contributed by atoms with Gasteiger partial charge in [-0.3, -0.25) is 4.79 Å². The summed E-state index contributed by atoms with van der Waals surface area (Å²) in [6.07, 6.45) is 4.99. The molecule has 1 unspecified atom stereocenters. The number of likely N-dealkylation sites (N-methyl/N-ethyl adjacent to an activating group) is 1. The van der Waals surface area contributed by atoms with Crippen LogP contribution in [0.5, 0.6) is 0 Å². The van der Waals surface area contributed by atoms with Gasteiger partial charge in [-0.05, 0) is 18.6 Å². The summed E-state index contributed by atoms with van der Waals surface area (Å²) in [5.74, 6) is -0.0906. The number of hydrogen-bond acceptors (Lipinski definition) is 4. The van der Waals surface area contributed by atoms with Crippen LogP contribution < -0.4 is 0 Å². The Morgan fingerprint density at radius 2 is 2.13 bits per heavy atom. The second kappa shape index (κ2) is 8.24. The summed E-state index contributed by atoms with van der Waals surface area (Å²) < 4.78 is 6.80. The molecule has 1 heterocycles. The van der Waals surface area contributed by atoms with Crippen molar-refractivity contribution in [3.63, 3.8) is 0 Å². The van der Waals surface area contributed by atoms with Gasteiger partial charge in [-0.15, -0.1) is 5.10 Å². The zero-order chi connectivity index (χ0) is 16.7. The third-order valence-electron chi connectivity index (χ3n) is 3.56.